The molecule has 1 atom stereocenters. The molecular formula is C15H20ClNO3. The Kier molecular flexibility index (Phi) is 6.52. The van der Waals surface area contributed by atoms with E-state index < -0.39 is 5.97 Å². The molecule has 0 aliphatic rings. The highest BCUT2D eigenvalue weighted by atomic mass is 35.5. The molecule has 1 unspecified atom stereocenters. The van der Waals surface area contributed by atoms with E-state index in [2.05, 4.69) is 0 Å². The van der Waals surface area contributed by atoms with Gasteiger partial charge in [0.05, 0.1) is 6.42 Å². The van der Waals surface area contributed by atoms with Gasteiger partial charge in [-0.05, 0) is 25.0 Å². The first-order valence-corrected chi connectivity index (χ1v) is 7.07. The predicted molar refractivity (Wildman–Crippen MR) is 78.8 cm³/mol. The molecule has 4 nitrogen and oxygen atoms in total. The fraction of sp³-hybridized carbons (Fsp3) is 0.467. The van der Waals surface area contributed by atoms with Crippen LogP contribution in [-0.2, 0) is 16.0 Å². The third-order valence-electron chi connectivity index (χ3n) is 3.19. The number of rotatable bonds is 7. The van der Waals surface area contributed by atoms with Crippen LogP contribution in [0, 0.1) is 5.92 Å². The molecule has 0 spiro atoms. The molecule has 0 radical (unpaired) electrons. The molecule has 0 aliphatic carbocycles. The summed E-state index contributed by atoms with van der Waals surface area (Å²) in [6, 6.07) is 7.44. The summed E-state index contributed by atoms with van der Waals surface area (Å²) in [5, 5.41) is 9.35. The molecule has 0 aromatic heterocycles. The molecule has 1 aromatic rings. The number of carboxylic acid groups (broad SMARTS) is 1. The van der Waals surface area contributed by atoms with Crippen molar-refractivity contribution in [2.24, 2.45) is 5.92 Å². The number of carbonyl (C=O) groups is 2. The van der Waals surface area contributed by atoms with Crippen molar-refractivity contribution in [1.82, 2.24) is 4.90 Å². The van der Waals surface area contributed by atoms with E-state index in [1.54, 1.807) is 11.0 Å². The number of carbonyl (C=O) groups excluding carboxylic acids is 1. The summed E-state index contributed by atoms with van der Waals surface area (Å²) in [7, 11) is 0. The molecule has 0 aliphatic heterocycles. The van der Waals surface area contributed by atoms with Crippen molar-refractivity contribution in [3.8, 4) is 0 Å². The quantitative estimate of drug-likeness (QED) is 0.842. The van der Waals surface area contributed by atoms with Gasteiger partial charge in [-0.15, -0.1) is 0 Å². The highest BCUT2D eigenvalue weighted by molar-refractivity contribution is 6.31. The minimum atomic E-state index is -0.894. The van der Waals surface area contributed by atoms with Crippen molar-refractivity contribution >= 4 is 23.5 Å². The molecule has 5 heteroatoms. The number of hydrogen-bond donors (Lipinski definition) is 1. The number of carboxylic acids is 1. The van der Waals surface area contributed by atoms with Gasteiger partial charge in [0.25, 0.3) is 0 Å². The normalized spacial score (nSPS) is 11.9. The zero-order chi connectivity index (χ0) is 15.1. The molecule has 0 saturated carbocycles. The van der Waals surface area contributed by atoms with Gasteiger partial charge >= 0.3 is 5.97 Å². The number of benzene rings is 1. The average Bonchev–Trinajstić information content (AvgIpc) is 2.41. The lowest BCUT2D eigenvalue weighted by Gasteiger charge is -2.24. The number of halogens is 1. The summed E-state index contributed by atoms with van der Waals surface area (Å²) in [5.74, 6) is -1.15. The van der Waals surface area contributed by atoms with Crippen LogP contribution in [0.15, 0.2) is 24.3 Å². The van der Waals surface area contributed by atoms with Crippen LogP contribution >= 0.6 is 11.6 Å². The molecule has 110 valence electrons. The van der Waals surface area contributed by atoms with Gasteiger partial charge in [-0.2, -0.15) is 0 Å². The fourth-order valence-electron chi connectivity index (χ4n) is 2.05. The van der Waals surface area contributed by atoms with Crippen LogP contribution in [0.4, 0.5) is 0 Å². The number of hydrogen-bond acceptors (Lipinski definition) is 2. The Morgan fingerprint density at radius 1 is 1.35 bits per heavy atom. The van der Waals surface area contributed by atoms with E-state index in [4.69, 9.17) is 16.7 Å². The molecule has 1 amide bonds. The predicted octanol–water partition coefficient (Wildman–Crippen LogP) is 2.84. The number of nitrogens with zero attached hydrogens (tertiary/aromatic N) is 1. The Balaban J connectivity index is 2.65. The van der Waals surface area contributed by atoms with E-state index >= 15 is 0 Å². The Morgan fingerprint density at radius 2 is 2.00 bits per heavy atom. The Bertz CT molecular complexity index is 476. The first-order valence-electron chi connectivity index (χ1n) is 6.69. The third kappa shape index (κ3) is 4.85. The maximum Gasteiger partial charge on any atom is 0.305 e. The lowest BCUT2D eigenvalue weighted by Crippen LogP contribution is -2.37. The van der Waals surface area contributed by atoms with E-state index in [9.17, 15) is 9.59 Å². The second-order valence-electron chi connectivity index (χ2n) is 4.76. The number of amides is 1. The molecular weight excluding hydrogens is 278 g/mol. The molecule has 1 N–H and O–H groups in total. The van der Waals surface area contributed by atoms with Gasteiger partial charge in [-0.3, -0.25) is 9.59 Å². The van der Waals surface area contributed by atoms with E-state index in [1.807, 2.05) is 32.0 Å². The van der Waals surface area contributed by atoms with E-state index in [0.29, 0.717) is 18.0 Å². The summed E-state index contributed by atoms with van der Waals surface area (Å²) < 4.78 is 0. The lowest BCUT2D eigenvalue weighted by atomic mass is 9.99. The summed E-state index contributed by atoms with van der Waals surface area (Å²) in [5.41, 5.74) is 0.935. The van der Waals surface area contributed by atoms with Gasteiger partial charge in [0.15, 0.2) is 0 Å². The summed E-state index contributed by atoms with van der Waals surface area (Å²) in [6.45, 7) is 4.45. The topological polar surface area (TPSA) is 57.6 Å². The maximum atomic E-state index is 12.3. The van der Waals surface area contributed by atoms with Crippen LogP contribution in [0.3, 0.4) is 0 Å². The third-order valence-corrected chi connectivity index (χ3v) is 3.56. The largest absolute Gasteiger partial charge is 0.481 e. The highest BCUT2D eigenvalue weighted by Crippen LogP contribution is 2.19. The lowest BCUT2D eigenvalue weighted by molar-refractivity contribution is -0.139. The van der Waals surface area contributed by atoms with Crippen molar-refractivity contribution in [1.29, 1.82) is 0 Å². The van der Waals surface area contributed by atoms with Gasteiger partial charge in [0.2, 0.25) is 5.91 Å². The minimum Gasteiger partial charge on any atom is -0.481 e. The molecule has 1 aromatic carbocycles. The second-order valence-corrected chi connectivity index (χ2v) is 5.17. The number of aliphatic carboxylic acids is 1. The maximum absolute atomic E-state index is 12.3. The van der Waals surface area contributed by atoms with Crippen molar-refractivity contribution in [2.75, 3.05) is 13.1 Å². The van der Waals surface area contributed by atoms with E-state index in [-0.39, 0.29) is 24.8 Å². The summed E-state index contributed by atoms with van der Waals surface area (Å²) in [6.07, 6.45) is 0.528. The first-order chi connectivity index (χ1) is 9.45. The van der Waals surface area contributed by atoms with Crippen LogP contribution in [0.5, 0.6) is 0 Å². The Morgan fingerprint density at radius 3 is 2.55 bits per heavy atom. The molecule has 20 heavy (non-hydrogen) atoms. The van der Waals surface area contributed by atoms with Crippen molar-refractivity contribution in [3.05, 3.63) is 34.9 Å². The summed E-state index contributed by atoms with van der Waals surface area (Å²) in [4.78, 5) is 24.5. The van der Waals surface area contributed by atoms with E-state index in [1.165, 1.54) is 0 Å². The van der Waals surface area contributed by atoms with Crippen molar-refractivity contribution in [3.63, 3.8) is 0 Å². The summed E-state index contributed by atoms with van der Waals surface area (Å²) >= 11 is 6.09. The SMILES string of the molecule is CCN(CCC(=O)O)C(=O)C(C)Cc1ccccc1Cl. The van der Waals surface area contributed by atoms with Crippen LogP contribution in [0.25, 0.3) is 0 Å². The molecule has 0 saturated heterocycles. The zero-order valence-electron chi connectivity index (χ0n) is 11.8. The van der Waals surface area contributed by atoms with Gasteiger partial charge in [-0.1, -0.05) is 36.7 Å². The van der Waals surface area contributed by atoms with Gasteiger partial charge in [0.1, 0.15) is 0 Å². The fourth-order valence-corrected chi connectivity index (χ4v) is 2.26. The average molecular weight is 298 g/mol. The van der Waals surface area contributed by atoms with Crippen LogP contribution in [0.1, 0.15) is 25.8 Å². The van der Waals surface area contributed by atoms with Crippen LogP contribution in [-0.4, -0.2) is 35.0 Å². The first kappa shape index (κ1) is 16.5. The Hall–Kier alpha value is -1.55. The van der Waals surface area contributed by atoms with Gasteiger partial charge in [-0.25, -0.2) is 0 Å². The van der Waals surface area contributed by atoms with E-state index in [0.717, 1.165) is 5.56 Å². The van der Waals surface area contributed by atoms with Crippen LogP contribution in [0.2, 0.25) is 5.02 Å². The molecule has 1 rings (SSSR count). The second kappa shape index (κ2) is 7.90. The van der Waals surface area contributed by atoms with Crippen molar-refractivity contribution < 1.29 is 14.7 Å². The Labute approximate surface area is 124 Å². The minimum absolute atomic E-state index is 0.0294. The zero-order valence-corrected chi connectivity index (χ0v) is 12.6. The highest BCUT2D eigenvalue weighted by Gasteiger charge is 2.20. The molecule has 0 heterocycles. The van der Waals surface area contributed by atoms with Crippen molar-refractivity contribution in [2.45, 2.75) is 26.7 Å². The monoisotopic (exact) mass is 297 g/mol. The molecule has 0 bridgehead atoms. The smallest absolute Gasteiger partial charge is 0.305 e. The molecule has 0 fully saturated rings. The van der Waals surface area contributed by atoms with Gasteiger partial charge < -0.3 is 10.0 Å². The van der Waals surface area contributed by atoms with Gasteiger partial charge in [0, 0.05) is 24.0 Å². The van der Waals surface area contributed by atoms with Crippen LogP contribution < -0.4 is 0 Å². The standard InChI is InChI=1S/C15H20ClNO3/c1-3-17(9-8-14(18)19)15(20)11(2)10-12-6-4-5-7-13(12)16/h4-7,11H,3,8-10H2,1-2H3,(H,18,19).